The minimum atomic E-state index is 0.642. The first kappa shape index (κ1) is 17.5. The summed E-state index contributed by atoms with van der Waals surface area (Å²) in [5.41, 5.74) is 1.97. The lowest BCUT2D eigenvalue weighted by Crippen LogP contribution is -1.99. The van der Waals surface area contributed by atoms with E-state index in [0.717, 1.165) is 47.9 Å². The van der Waals surface area contributed by atoms with Crippen LogP contribution in [0.15, 0.2) is 46.9 Å². The van der Waals surface area contributed by atoms with Crippen LogP contribution in [-0.4, -0.2) is 20.0 Å². The Morgan fingerprint density at radius 1 is 1.04 bits per heavy atom. The molecule has 0 amide bonds. The minimum absolute atomic E-state index is 0.642. The molecular weight excluding hydrogens is 356 g/mol. The van der Waals surface area contributed by atoms with E-state index in [2.05, 4.69) is 28.1 Å². The van der Waals surface area contributed by atoms with Crippen LogP contribution in [0.3, 0.4) is 0 Å². The van der Waals surface area contributed by atoms with Gasteiger partial charge in [0.2, 0.25) is 0 Å². The van der Waals surface area contributed by atoms with Crippen molar-refractivity contribution in [3.05, 3.63) is 58.1 Å². The zero-order chi connectivity index (χ0) is 16.5. The van der Waals surface area contributed by atoms with Crippen molar-refractivity contribution < 1.29 is 14.3 Å². The highest BCUT2D eigenvalue weighted by Crippen LogP contribution is 2.25. The molecule has 0 aliphatic carbocycles. The number of unbranched alkanes of at least 4 members (excludes halogenated alkanes) is 2. The Labute approximate surface area is 145 Å². The van der Waals surface area contributed by atoms with Crippen molar-refractivity contribution in [1.29, 1.82) is 0 Å². The normalized spacial score (nSPS) is 10.3. The summed E-state index contributed by atoms with van der Waals surface area (Å²) in [6, 6.07) is 13.6. The maximum absolute atomic E-state index is 10.7. The largest absolute Gasteiger partial charge is 0.497 e. The first-order valence-corrected chi connectivity index (χ1v) is 8.52. The number of rotatable bonds is 9. The Kier molecular flexibility index (Phi) is 7.14. The molecule has 0 aliphatic rings. The summed E-state index contributed by atoms with van der Waals surface area (Å²) in [4.78, 5) is 10.7. The molecule has 0 aromatic heterocycles. The second kappa shape index (κ2) is 9.36. The van der Waals surface area contributed by atoms with Gasteiger partial charge in [-0.15, -0.1) is 0 Å². The number of ether oxygens (including phenoxy) is 2. The minimum Gasteiger partial charge on any atom is -0.497 e. The van der Waals surface area contributed by atoms with Gasteiger partial charge in [0.05, 0.1) is 18.2 Å². The Balaban J connectivity index is 1.64. The Morgan fingerprint density at radius 2 is 1.83 bits per heavy atom. The lowest BCUT2D eigenvalue weighted by atomic mass is 10.1. The predicted molar refractivity (Wildman–Crippen MR) is 95.6 cm³/mol. The number of aldehydes is 1. The molecule has 0 N–H and O–H groups in total. The summed E-state index contributed by atoms with van der Waals surface area (Å²) in [6.07, 6.45) is 5.17. The maximum Gasteiger partial charge on any atom is 0.150 e. The highest BCUT2D eigenvalue weighted by Gasteiger charge is 2.02. The Bertz CT molecular complexity index is 623. The third-order valence-corrected chi connectivity index (χ3v) is 4.24. The number of carbonyl (C=O) groups excluding carboxylic acids is 1. The van der Waals surface area contributed by atoms with Gasteiger partial charge in [-0.2, -0.15) is 0 Å². The lowest BCUT2D eigenvalue weighted by molar-refractivity contribution is 0.112. The summed E-state index contributed by atoms with van der Waals surface area (Å²) in [5.74, 6) is 1.68. The van der Waals surface area contributed by atoms with E-state index in [1.54, 1.807) is 19.2 Å². The van der Waals surface area contributed by atoms with Crippen LogP contribution in [0.1, 0.15) is 35.2 Å². The zero-order valence-electron chi connectivity index (χ0n) is 13.3. The molecule has 4 heteroatoms. The zero-order valence-corrected chi connectivity index (χ0v) is 14.8. The van der Waals surface area contributed by atoms with Gasteiger partial charge in [0.1, 0.15) is 17.8 Å². The molecule has 0 atom stereocenters. The van der Waals surface area contributed by atoms with E-state index < -0.39 is 0 Å². The quantitative estimate of drug-likeness (QED) is 0.453. The first-order chi connectivity index (χ1) is 11.2. The third-order valence-electron chi connectivity index (χ3n) is 3.62. The topological polar surface area (TPSA) is 35.5 Å². The number of methoxy groups -OCH3 is 1. The van der Waals surface area contributed by atoms with Crippen molar-refractivity contribution in [3.8, 4) is 11.5 Å². The van der Waals surface area contributed by atoms with Gasteiger partial charge >= 0.3 is 0 Å². The molecule has 23 heavy (non-hydrogen) atoms. The number of aryl methyl sites for hydroxylation is 1. The van der Waals surface area contributed by atoms with Gasteiger partial charge < -0.3 is 9.47 Å². The van der Waals surface area contributed by atoms with Crippen LogP contribution in [0.4, 0.5) is 0 Å². The Morgan fingerprint density at radius 3 is 2.48 bits per heavy atom. The number of hydrogen-bond acceptors (Lipinski definition) is 3. The fraction of sp³-hybridized carbons (Fsp3) is 0.316. The van der Waals surface area contributed by atoms with Gasteiger partial charge in [0, 0.05) is 5.56 Å². The van der Waals surface area contributed by atoms with Gasteiger partial charge in [0.25, 0.3) is 0 Å². The van der Waals surface area contributed by atoms with Crippen LogP contribution in [0.5, 0.6) is 11.5 Å². The molecule has 0 spiro atoms. The summed E-state index contributed by atoms with van der Waals surface area (Å²) in [6.45, 7) is 0.682. The average Bonchev–Trinajstić information content (AvgIpc) is 2.59. The molecule has 0 radical (unpaired) electrons. The number of carbonyl (C=O) groups is 1. The Hall–Kier alpha value is -1.81. The van der Waals surface area contributed by atoms with E-state index in [4.69, 9.17) is 9.47 Å². The number of halogens is 1. The van der Waals surface area contributed by atoms with Crippen LogP contribution >= 0.6 is 15.9 Å². The van der Waals surface area contributed by atoms with Crippen molar-refractivity contribution in [1.82, 2.24) is 0 Å². The summed E-state index contributed by atoms with van der Waals surface area (Å²) < 4.78 is 11.7. The molecule has 3 nitrogen and oxygen atoms in total. The van der Waals surface area contributed by atoms with E-state index in [-0.39, 0.29) is 0 Å². The van der Waals surface area contributed by atoms with Gasteiger partial charge in [-0.3, -0.25) is 4.79 Å². The fourth-order valence-electron chi connectivity index (χ4n) is 2.29. The van der Waals surface area contributed by atoms with Crippen LogP contribution in [0, 0.1) is 0 Å². The first-order valence-electron chi connectivity index (χ1n) is 7.73. The SMILES string of the molecule is COc1ccc(CCCCCOc2ccc(C=O)cc2Br)cc1. The molecule has 0 bridgehead atoms. The van der Waals surface area contributed by atoms with Gasteiger partial charge in [0.15, 0.2) is 0 Å². The number of benzene rings is 2. The summed E-state index contributed by atoms with van der Waals surface area (Å²) in [7, 11) is 1.68. The molecule has 2 rings (SSSR count). The van der Waals surface area contributed by atoms with Crippen LogP contribution < -0.4 is 9.47 Å². The van der Waals surface area contributed by atoms with E-state index in [9.17, 15) is 4.79 Å². The van der Waals surface area contributed by atoms with Gasteiger partial charge in [-0.1, -0.05) is 12.1 Å². The standard InChI is InChI=1S/C19H21BrO3/c1-22-17-9-6-15(7-10-17)5-3-2-4-12-23-19-11-8-16(14-21)13-18(19)20/h6-11,13-14H,2-5,12H2,1H3. The van der Waals surface area contributed by atoms with Crippen molar-refractivity contribution >= 4 is 22.2 Å². The highest BCUT2D eigenvalue weighted by molar-refractivity contribution is 9.10. The maximum atomic E-state index is 10.7. The molecule has 0 aliphatic heterocycles. The molecule has 0 heterocycles. The predicted octanol–water partition coefficient (Wildman–Crippen LogP) is 5.06. The second-order valence-electron chi connectivity index (χ2n) is 5.31. The molecule has 122 valence electrons. The van der Waals surface area contributed by atoms with Gasteiger partial charge in [-0.25, -0.2) is 0 Å². The monoisotopic (exact) mass is 376 g/mol. The van der Waals surface area contributed by atoms with Crippen molar-refractivity contribution in [3.63, 3.8) is 0 Å². The van der Waals surface area contributed by atoms with E-state index in [1.165, 1.54) is 5.56 Å². The molecule has 0 unspecified atom stereocenters. The van der Waals surface area contributed by atoms with Crippen LogP contribution in [0.2, 0.25) is 0 Å². The molecule has 2 aromatic carbocycles. The fourth-order valence-corrected chi connectivity index (χ4v) is 2.80. The lowest BCUT2D eigenvalue weighted by Gasteiger charge is -2.08. The third kappa shape index (κ3) is 5.71. The van der Waals surface area contributed by atoms with E-state index in [0.29, 0.717) is 12.2 Å². The molecule has 0 saturated heterocycles. The molecular formula is C19H21BrO3. The van der Waals surface area contributed by atoms with Gasteiger partial charge in [-0.05, 0) is 77.5 Å². The van der Waals surface area contributed by atoms with E-state index >= 15 is 0 Å². The second-order valence-corrected chi connectivity index (χ2v) is 6.17. The number of hydrogen-bond donors (Lipinski definition) is 0. The smallest absolute Gasteiger partial charge is 0.150 e. The molecule has 0 fully saturated rings. The van der Waals surface area contributed by atoms with Crippen LogP contribution in [-0.2, 0) is 6.42 Å². The molecule has 2 aromatic rings. The van der Waals surface area contributed by atoms with Crippen molar-refractivity contribution in [2.45, 2.75) is 25.7 Å². The highest BCUT2D eigenvalue weighted by atomic mass is 79.9. The van der Waals surface area contributed by atoms with Crippen molar-refractivity contribution in [2.24, 2.45) is 0 Å². The molecule has 0 saturated carbocycles. The average molecular weight is 377 g/mol. The summed E-state index contributed by atoms with van der Waals surface area (Å²) >= 11 is 3.42. The van der Waals surface area contributed by atoms with Crippen molar-refractivity contribution in [2.75, 3.05) is 13.7 Å². The summed E-state index contributed by atoms with van der Waals surface area (Å²) in [5, 5.41) is 0. The van der Waals surface area contributed by atoms with E-state index in [1.807, 2.05) is 18.2 Å². The van der Waals surface area contributed by atoms with Crippen LogP contribution in [0.25, 0.3) is 0 Å².